The van der Waals surface area contributed by atoms with Crippen LogP contribution in [0.4, 0.5) is 4.39 Å². The normalized spacial score (nSPS) is 16.3. The van der Waals surface area contributed by atoms with Crippen molar-refractivity contribution < 1.29 is 4.39 Å². The van der Waals surface area contributed by atoms with Gasteiger partial charge in [-0.15, -0.1) is 0 Å². The molecule has 2 aromatic rings. The van der Waals surface area contributed by atoms with E-state index in [1.165, 1.54) is 18.9 Å². The van der Waals surface area contributed by atoms with Crippen LogP contribution in [-0.4, -0.2) is 27.5 Å². The van der Waals surface area contributed by atoms with E-state index in [1.807, 2.05) is 6.07 Å². The fourth-order valence-corrected chi connectivity index (χ4v) is 2.81. The van der Waals surface area contributed by atoms with Gasteiger partial charge in [-0.05, 0) is 37.8 Å². The van der Waals surface area contributed by atoms with Crippen LogP contribution in [0.15, 0.2) is 18.2 Å². The van der Waals surface area contributed by atoms with Gasteiger partial charge < -0.3 is 4.98 Å². The minimum Gasteiger partial charge on any atom is -0.341 e. The first kappa shape index (κ1) is 14.0. The van der Waals surface area contributed by atoms with Gasteiger partial charge in [0.1, 0.15) is 11.3 Å². The summed E-state index contributed by atoms with van der Waals surface area (Å²) in [5.74, 6) is 1.19. The summed E-state index contributed by atoms with van der Waals surface area (Å²) in [5, 5.41) is 8.82. The highest BCUT2D eigenvalue weighted by Gasteiger charge is 2.32. The number of benzene rings is 1. The lowest BCUT2D eigenvalue weighted by Crippen LogP contribution is -2.35. The number of aromatic nitrogens is 2. The molecule has 1 N–H and O–H groups in total. The van der Waals surface area contributed by atoms with Crippen LogP contribution >= 0.6 is 0 Å². The standard InChI is InChI=1S/C16H19FN4/c1-11(12-6-7-12)21(9-3-8-18)10-15-19-14-5-2-4-13(17)16(14)20-15/h2,4-5,11-12H,3,6-7,9-10H2,1H3,(H,19,20)/t11-/m0/s1. The number of rotatable bonds is 6. The second kappa shape index (κ2) is 5.82. The first-order valence-electron chi connectivity index (χ1n) is 7.43. The summed E-state index contributed by atoms with van der Waals surface area (Å²) in [6.45, 7) is 3.57. The van der Waals surface area contributed by atoms with Crippen molar-refractivity contribution in [1.82, 2.24) is 14.9 Å². The number of hydrogen-bond acceptors (Lipinski definition) is 3. The summed E-state index contributed by atoms with van der Waals surface area (Å²) >= 11 is 0. The van der Waals surface area contributed by atoms with E-state index in [0.29, 0.717) is 24.5 Å². The predicted molar refractivity (Wildman–Crippen MR) is 78.9 cm³/mol. The van der Waals surface area contributed by atoms with E-state index in [2.05, 4.69) is 27.9 Å². The minimum absolute atomic E-state index is 0.297. The van der Waals surface area contributed by atoms with Crippen LogP contribution in [0.5, 0.6) is 0 Å². The Bertz CT molecular complexity index is 668. The lowest BCUT2D eigenvalue weighted by molar-refractivity contribution is 0.181. The van der Waals surface area contributed by atoms with Gasteiger partial charge in [0, 0.05) is 19.0 Å². The van der Waals surface area contributed by atoms with E-state index < -0.39 is 0 Å². The quantitative estimate of drug-likeness (QED) is 0.887. The fourth-order valence-electron chi connectivity index (χ4n) is 2.81. The molecule has 0 amide bonds. The van der Waals surface area contributed by atoms with Crippen molar-refractivity contribution in [3.8, 4) is 6.07 Å². The molecule has 0 aliphatic heterocycles. The van der Waals surface area contributed by atoms with Crippen LogP contribution < -0.4 is 0 Å². The van der Waals surface area contributed by atoms with Crippen molar-refractivity contribution in [2.75, 3.05) is 6.54 Å². The number of hydrogen-bond donors (Lipinski definition) is 1. The van der Waals surface area contributed by atoms with E-state index in [4.69, 9.17) is 5.26 Å². The third-order valence-corrected chi connectivity index (χ3v) is 4.26. The Morgan fingerprint density at radius 2 is 2.33 bits per heavy atom. The molecule has 1 aliphatic carbocycles. The minimum atomic E-state index is -0.297. The molecule has 21 heavy (non-hydrogen) atoms. The summed E-state index contributed by atoms with van der Waals surface area (Å²) in [4.78, 5) is 9.82. The zero-order chi connectivity index (χ0) is 14.8. The molecule has 1 saturated carbocycles. The van der Waals surface area contributed by atoms with E-state index in [0.717, 1.165) is 23.8 Å². The van der Waals surface area contributed by atoms with Crippen LogP contribution in [0.1, 0.15) is 32.0 Å². The third kappa shape index (κ3) is 3.06. The highest BCUT2D eigenvalue weighted by Crippen LogP contribution is 2.35. The Morgan fingerprint density at radius 3 is 3.00 bits per heavy atom. The van der Waals surface area contributed by atoms with Gasteiger partial charge in [0.25, 0.3) is 0 Å². The summed E-state index contributed by atoms with van der Waals surface area (Å²) in [7, 11) is 0. The molecule has 0 radical (unpaired) electrons. The summed E-state index contributed by atoms with van der Waals surface area (Å²) in [6.07, 6.45) is 3.03. The zero-order valence-corrected chi connectivity index (χ0v) is 12.1. The van der Waals surface area contributed by atoms with Crippen molar-refractivity contribution in [1.29, 1.82) is 5.26 Å². The van der Waals surface area contributed by atoms with Crippen LogP contribution in [0.2, 0.25) is 0 Å². The smallest absolute Gasteiger partial charge is 0.151 e. The Hall–Kier alpha value is -1.93. The maximum absolute atomic E-state index is 13.7. The second-order valence-electron chi connectivity index (χ2n) is 5.78. The van der Waals surface area contributed by atoms with Crippen molar-refractivity contribution in [3.05, 3.63) is 29.8 Å². The van der Waals surface area contributed by atoms with Crippen LogP contribution in [0, 0.1) is 23.1 Å². The molecule has 1 aromatic carbocycles. The highest BCUT2D eigenvalue weighted by molar-refractivity contribution is 5.75. The predicted octanol–water partition coefficient (Wildman–Crippen LogP) is 3.22. The van der Waals surface area contributed by atoms with Gasteiger partial charge in [0.2, 0.25) is 0 Å². The number of halogens is 1. The Balaban J connectivity index is 1.79. The van der Waals surface area contributed by atoms with Gasteiger partial charge in [-0.25, -0.2) is 9.37 Å². The molecular formula is C16H19FN4. The molecule has 3 rings (SSSR count). The van der Waals surface area contributed by atoms with E-state index in [1.54, 1.807) is 6.07 Å². The van der Waals surface area contributed by atoms with Crippen LogP contribution in [-0.2, 0) is 6.54 Å². The second-order valence-corrected chi connectivity index (χ2v) is 5.78. The molecule has 5 heteroatoms. The number of nitrogens with one attached hydrogen (secondary N) is 1. The van der Waals surface area contributed by atoms with Gasteiger partial charge in [-0.1, -0.05) is 6.07 Å². The molecular weight excluding hydrogens is 267 g/mol. The Morgan fingerprint density at radius 1 is 1.52 bits per heavy atom. The number of nitriles is 1. The molecule has 1 aliphatic rings. The van der Waals surface area contributed by atoms with Crippen LogP contribution in [0.25, 0.3) is 11.0 Å². The largest absolute Gasteiger partial charge is 0.341 e. The molecule has 1 aromatic heterocycles. The third-order valence-electron chi connectivity index (χ3n) is 4.26. The molecule has 4 nitrogen and oxygen atoms in total. The first-order chi connectivity index (χ1) is 10.2. The first-order valence-corrected chi connectivity index (χ1v) is 7.43. The van der Waals surface area contributed by atoms with Crippen molar-refractivity contribution in [2.45, 2.75) is 38.8 Å². The van der Waals surface area contributed by atoms with E-state index >= 15 is 0 Å². The number of H-pyrrole nitrogens is 1. The Labute approximate surface area is 123 Å². The summed E-state index contributed by atoms with van der Waals surface area (Å²) in [6, 6.07) is 7.58. The molecule has 0 bridgehead atoms. The maximum Gasteiger partial charge on any atom is 0.151 e. The number of imidazole rings is 1. The van der Waals surface area contributed by atoms with Crippen LogP contribution in [0.3, 0.4) is 0 Å². The number of aromatic amines is 1. The van der Waals surface area contributed by atoms with Gasteiger partial charge in [-0.2, -0.15) is 5.26 Å². The number of nitrogens with zero attached hydrogens (tertiary/aromatic N) is 3. The SMILES string of the molecule is C[C@@H](C1CC1)N(CCC#N)Cc1nc2c(F)cccc2[nH]1. The van der Waals surface area contributed by atoms with Crippen molar-refractivity contribution in [3.63, 3.8) is 0 Å². The number of para-hydroxylation sites is 1. The lowest BCUT2D eigenvalue weighted by atomic mass is 10.1. The monoisotopic (exact) mass is 286 g/mol. The van der Waals surface area contributed by atoms with Gasteiger partial charge in [0.05, 0.1) is 18.1 Å². The molecule has 110 valence electrons. The summed E-state index contributed by atoms with van der Waals surface area (Å²) in [5.41, 5.74) is 1.12. The van der Waals surface area contributed by atoms with E-state index in [-0.39, 0.29) is 5.82 Å². The van der Waals surface area contributed by atoms with Gasteiger partial charge in [0.15, 0.2) is 5.82 Å². The molecule has 0 unspecified atom stereocenters. The van der Waals surface area contributed by atoms with Gasteiger partial charge in [-0.3, -0.25) is 4.90 Å². The maximum atomic E-state index is 13.7. The van der Waals surface area contributed by atoms with Crippen molar-refractivity contribution >= 4 is 11.0 Å². The molecule has 0 saturated heterocycles. The topological polar surface area (TPSA) is 55.7 Å². The molecule has 0 spiro atoms. The average Bonchev–Trinajstić information content (AvgIpc) is 3.23. The zero-order valence-electron chi connectivity index (χ0n) is 12.1. The highest BCUT2D eigenvalue weighted by atomic mass is 19.1. The lowest BCUT2D eigenvalue weighted by Gasteiger charge is -2.27. The number of fused-ring (bicyclic) bond motifs is 1. The van der Waals surface area contributed by atoms with Crippen molar-refractivity contribution in [2.24, 2.45) is 5.92 Å². The average molecular weight is 286 g/mol. The Kier molecular flexibility index (Phi) is 3.89. The molecule has 1 heterocycles. The molecule has 1 atom stereocenters. The van der Waals surface area contributed by atoms with E-state index in [9.17, 15) is 4.39 Å². The fraction of sp³-hybridized carbons (Fsp3) is 0.500. The molecule has 1 fully saturated rings. The summed E-state index contributed by atoms with van der Waals surface area (Å²) < 4.78 is 13.7. The van der Waals surface area contributed by atoms with Gasteiger partial charge >= 0.3 is 0 Å².